The summed E-state index contributed by atoms with van der Waals surface area (Å²) in [6, 6.07) is 13.0. The van der Waals surface area contributed by atoms with Crippen LogP contribution in [0.2, 0.25) is 0 Å². The van der Waals surface area contributed by atoms with E-state index in [4.69, 9.17) is 0 Å². The van der Waals surface area contributed by atoms with Gasteiger partial charge in [0.25, 0.3) is 5.91 Å². The van der Waals surface area contributed by atoms with Crippen molar-refractivity contribution in [3.63, 3.8) is 0 Å². The van der Waals surface area contributed by atoms with Crippen molar-refractivity contribution in [2.45, 2.75) is 46.2 Å². The van der Waals surface area contributed by atoms with E-state index in [1.807, 2.05) is 53.9 Å². The number of unbranched alkanes of at least 4 members (excludes halogenated alkanes) is 2. The smallest absolute Gasteiger partial charge is 0.295 e. The third-order valence-corrected chi connectivity index (χ3v) is 6.33. The summed E-state index contributed by atoms with van der Waals surface area (Å²) in [5, 5.41) is 20.0. The van der Waals surface area contributed by atoms with Gasteiger partial charge in [-0.25, -0.2) is 0 Å². The molecule has 1 heterocycles. The number of anilines is 1. The van der Waals surface area contributed by atoms with E-state index in [0.717, 1.165) is 59.8 Å². The first-order chi connectivity index (χ1) is 16.3. The van der Waals surface area contributed by atoms with Gasteiger partial charge >= 0.3 is 0 Å². The molecule has 0 radical (unpaired) electrons. The lowest BCUT2D eigenvalue weighted by Crippen LogP contribution is -2.28. The van der Waals surface area contributed by atoms with Crippen LogP contribution in [0, 0.1) is 0 Å². The Morgan fingerprint density at radius 2 is 1.68 bits per heavy atom. The van der Waals surface area contributed by atoms with Gasteiger partial charge in [-0.15, -0.1) is 10.2 Å². The maximum absolute atomic E-state index is 12.7. The van der Waals surface area contributed by atoms with Crippen molar-refractivity contribution in [1.82, 2.24) is 9.47 Å². The van der Waals surface area contributed by atoms with Crippen molar-refractivity contribution in [2.24, 2.45) is 10.2 Å². The minimum atomic E-state index is -0.451. The van der Waals surface area contributed by atoms with Gasteiger partial charge in [0.1, 0.15) is 0 Å². The highest BCUT2D eigenvalue weighted by Gasteiger charge is 2.19. The van der Waals surface area contributed by atoms with Crippen LogP contribution >= 0.6 is 15.9 Å². The molecule has 1 amide bonds. The van der Waals surface area contributed by atoms with Crippen molar-refractivity contribution >= 4 is 44.1 Å². The number of carbonyl (C=O) groups excluding carboxylic acids is 1. The second kappa shape index (κ2) is 12.1. The molecule has 0 spiro atoms. The average molecular weight is 528 g/mol. The molecule has 3 rings (SSSR count). The molecule has 34 heavy (non-hydrogen) atoms. The monoisotopic (exact) mass is 527 g/mol. The Morgan fingerprint density at radius 3 is 2.26 bits per heavy atom. The number of halogens is 1. The van der Waals surface area contributed by atoms with Gasteiger partial charge in [0, 0.05) is 35.2 Å². The molecule has 2 aromatic carbocycles. The first kappa shape index (κ1) is 25.9. The highest BCUT2D eigenvalue weighted by molar-refractivity contribution is 9.10. The topological polar surface area (TPSA) is 73.4 Å². The number of aromatic hydroxyl groups is 1. The number of hydrogen-bond donors (Lipinski definition) is 1. The molecule has 0 saturated carbocycles. The number of benzene rings is 2. The molecule has 0 bridgehead atoms. The van der Waals surface area contributed by atoms with Crippen LogP contribution in [-0.4, -0.2) is 47.7 Å². The van der Waals surface area contributed by atoms with Gasteiger partial charge in [-0.05, 0) is 68.4 Å². The predicted molar refractivity (Wildman–Crippen MR) is 142 cm³/mol. The molecule has 0 saturated heterocycles. The molecule has 182 valence electrons. The minimum Gasteiger partial charge on any atom is -0.493 e. The lowest BCUT2D eigenvalue weighted by molar-refractivity contribution is 0.0995. The Labute approximate surface area is 210 Å². The molecule has 0 aliphatic carbocycles. The van der Waals surface area contributed by atoms with E-state index >= 15 is 0 Å². The van der Waals surface area contributed by atoms with E-state index in [-0.39, 0.29) is 5.88 Å². The SMILES string of the molecule is CCCCN(CCCC)Cn1c(O)c(N=NC(=O)c2ccc(N(C)C)cc2)c2cc(Br)ccc21. The minimum absolute atomic E-state index is 0.0191. The fraction of sp³-hybridized carbons (Fsp3) is 0.423. The van der Waals surface area contributed by atoms with Crippen LogP contribution < -0.4 is 4.90 Å². The van der Waals surface area contributed by atoms with Crippen LogP contribution in [0.5, 0.6) is 5.88 Å². The lowest BCUT2D eigenvalue weighted by atomic mass is 10.2. The van der Waals surface area contributed by atoms with Gasteiger partial charge in [0.15, 0.2) is 5.69 Å². The van der Waals surface area contributed by atoms with Gasteiger partial charge in [-0.2, -0.15) is 0 Å². The van der Waals surface area contributed by atoms with E-state index in [9.17, 15) is 9.90 Å². The van der Waals surface area contributed by atoms with Gasteiger partial charge in [-0.3, -0.25) is 14.3 Å². The second-order valence-corrected chi connectivity index (χ2v) is 9.59. The molecule has 7 nitrogen and oxygen atoms in total. The molecule has 1 N–H and O–H groups in total. The standard InChI is InChI=1S/C26H34BrN5O2/c1-5-7-15-31(16-8-6-2)18-32-23-14-11-20(27)17-22(23)24(26(32)34)28-29-25(33)19-9-12-21(13-10-19)30(3)4/h9-14,17,34H,5-8,15-16,18H2,1-4H3. The normalized spacial score (nSPS) is 11.7. The maximum Gasteiger partial charge on any atom is 0.295 e. The summed E-state index contributed by atoms with van der Waals surface area (Å²) in [7, 11) is 3.89. The van der Waals surface area contributed by atoms with E-state index in [2.05, 4.69) is 44.9 Å². The van der Waals surface area contributed by atoms with Gasteiger partial charge in [0.2, 0.25) is 5.88 Å². The van der Waals surface area contributed by atoms with Gasteiger partial charge < -0.3 is 10.0 Å². The van der Waals surface area contributed by atoms with Crippen LogP contribution in [0.4, 0.5) is 11.4 Å². The number of amides is 1. The van der Waals surface area contributed by atoms with Crippen molar-refractivity contribution in [2.75, 3.05) is 32.1 Å². The highest BCUT2D eigenvalue weighted by Crippen LogP contribution is 2.40. The predicted octanol–water partition coefficient (Wildman–Crippen LogP) is 6.96. The zero-order valence-electron chi connectivity index (χ0n) is 20.5. The Kier molecular flexibility index (Phi) is 9.24. The Balaban J connectivity index is 1.93. The first-order valence-electron chi connectivity index (χ1n) is 11.8. The number of fused-ring (bicyclic) bond motifs is 1. The molecule has 8 heteroatoms. The molecular weight excluding hydrogens is 494 g/mol. The largest absolute Gasteiger partial charge is 0.493 e. The molecule has 0 aliphatic rings. The van der Waals surface area contributed by atoms with Crippen molar-refractivity contribution < 1.29 is 9.90 Å². The average Bonchev–Trinajstić information content (AvgIpc) is 3.08. The number of rotatable bonds is 11. The van der Waals surface area contributed by atoms with Crippen LogP contribution in [0.25, 0.3) is 10.9 Å². The van der Waals surface area contributed by atoms with Gasteiger partial charge in [-0.1, -0.05) is 42.6 Å². The zero-order chi connectivity index (χ0) is 24.7. The second-order valence-electron chi connectivity index (χ2n) is 8.67. The summed E-state index contributed by atoms with van der Waals surface area (Å²) in [6.07, 6.45) is 4.43. The lowest BCUT2D eigenvalue weighted by Gasteiger charge is -2.23. The number of hydrogen-bond acceptors (Lipinski definition) is 5. The molecular formula is C26H34BrN5O2. The van der Waals surface area contributed by atoms with Crippen LogP contribution in [-0.2, 0) is 6.67 Å². The van der Waals surface area contributed by atoms with Crippen LogP contribution in [0.15, 0.2) is 57.2 Å². The van der Waals surface area contributed by atoms with Crippen molar-refractivity contribution in [1.29, 1.82) is 0 Å². The zero-order valence-corrected chi connectivity index (χ0v) is 22.0. The molecule has 0 unspecified atom stereocenters. The van der Waals surface area contributed by atoms with Crippen LogP contribution in [0.1, 0.15) is 49.9 Å². The summed E-state index contributed by atoms with van der Waals surface area (Å²) in [5.41, 5.74) is 2.61. The van der Waals surface area contributed by atoms with Crippen LogP contribution in [0.3, 0.4) is 0 Å². The van der Waals surface area contributed by atoms with Crippen molar-refractivity contribution in [3.8, 4) is 5.88 Å². The van der Waals surface area contributed by atoms with E-state index in [1.165, 1.54) is 0 Å². The number of aromatic nitrogens is 1. The fourth-order valence-electron chi connectivity index (χ4n) is 3.81. The summed E-state index contributed by atoms with van der Waals surface area (Å²) in [5.74, 6) is -0.432. The van der Waals surface area contributed by atoms with E-state index in [1.54, 1.807) is 12.1 Å². The Hall–Kier alpha value is -2.71. The third kappa shape index (κ3) is 6.24. The quantitative estimate of drug-likeness (QED) is 0.273. The molecule has 1 aromatic heterocycles. The highest BCUT2D eigenvalue weighted by atomic mass is 79.9. The fourth-order valence-corrected chi connectivity index (χ4v) is 4.17. The first-order valence-corrected chi connectivity index (χ1v) is 12.6. The van der Waals surface area contributed by atoms with Crippen molar-refractivity contribution in [3.05, 3.63) is 52.5 Å². The maximum atomic E-state index is 12.7. The molecule has 0 aliphatic heterocycles. The molecule has 3 aromatic rings. The summed E-state index contributed by atoms with van der Waals surface area (Å²) < 4.78 is 2.73. The van der Waals surface area contributed by atoms with Gasteiger partial charge in [0.05, 0.1) is 12.2 Å². The molecule has 0 atom stereocenters. The van der Waals surface area contributed by atoms with E-state index < -0.39 is 5.91 Å². The molecule has 0 fully saturated rings. The summed E-state index contributed by atoms with van der Waals surface area (Å²) in [6.45, 7) is 6.84. The summed E-state index contributed by atoms with van der Waals surface area (Å²) >= 11 is 3.51. The number of nitrogens with zero attached hydrogens (tertiary/aromatic N) is 5. The van der Waals surface area contributed by atoms with E-state index in [0.29, 0.717) is 17.9 Å². The Bertz CT molecular complexity index is 1130. The summed E-state index contributed by atoms with van der Waals surface area (Å²) in [4.78, 5) is 17.0. The number of azo groups is 1. The number of carbonyl (C=O) groups is 1. The third-order valence-electron chi connectivity index (χ3n) is 5.84. The Morgan fingerprint density at radius 1 is 1.03 bits per heavy atom.